The van der Waals surface area contributed by atoms with Crippen LogP contribution in [0.25, 0.3) is 0 Å². The Labute approximate surface area is 128 Å². The van der Waals surface area contributed by atoms with Crippen molar-refractivity contribution in [1.82, 2.24) is 5.32 Å². The lowest BCUT2D eigenvalue weighted by atomic mass is 10.1. The molecule has 0 aliphatic rings. The van der Waals surface area contributed by atoms with Gasteiger partial charge in [0, 0.05) is 24.9 Å². The van der Waals surface area contributed by atoms with Gasteiger partial charge in [-0.3, -0.25) is 4.79 Å². The highest BCUT2D eigenvalue weighted by Gasteiger charge is 2.08. The van der Waals surface area contributed by atoms with Gasteiger partial charge in [-0.25, -0.2) is 4.39 Å². The van der Waals surface area contributed by atoms with E-state index >= 15 is 0 Å². The van der Waals surface area contributed by atoms with Crippen molar-refractivity contribution in [2.45, 2.75) is 0 Å². The highest BCUT2D eigenvalue weighted by Crippen LogP contribution is 2.24. The second-order valence-corrected chi connectivity index (χ2v) is 4.68. The maximum absolute atomic E-state index is 12.9. The Hall–Kier alpha value is -2.60. The molecule has 0 aliphatic carbocycles. The van der Waals surface area contributed by atoms with Gasteiger partial charge in [0.05, 0.1) is 18.0 Å². The van der Waals surface area contributed by atoms with Gasteiger partial charge in [0.1, 0.15) is 5.82 Å². The van der Waals surface area contributed by atoms with Gasteiger partial charge < -0.3 is 21.1 Å². The Morgan fingerprint density at radius 1 is 1.23 bits per heavy atom. The summed E-state index contributed by atoms with van der Waals surface area (Å²) >= 11 is 0. The van der Waals surface area contributed by atoms with Crippen molar-refractivity contribution in [1.29, 1.82) is 0 Å². The van der Waals surface area contributed by atoms with Gasteiger partial charge in [-0.15, -0.1) is 0 Å². The van der Waals surface area contributed by atoms with Gasteiger partial charge >= 0.3 is 0 Å². The fourth-order valence-electron chi connectivity index (χ4n) is 1.88. The number of anilines is 3. The zero-order valence-corrected chi connectivity index (χ0v) is 12.2. The molecule has 2 aromatic rings. The van der Waals surface area contributed by atoms with E-state index in [9.17, 15) is 9.18 Å². The minimum absolute atomic E-state index is 0.211. The van der Waals surface area contributed by atoms with E-state index in [-0.39, 0.29) is 11.7 Å². The summed E-state index contributed by atoms with van der Waals surface area (Å²) in [5, 5.41) is 5.80. The summed E-state index contributed by atoms with van der Waals surface area (Å²) in [4.78, 5) is 11.9. The number of rotatable bonds is 6. The van der Waals surface area contributed by atoms with E-state index < -0.39 is 0 Å². The molecule has 4 N–H and O–H groups in total. The molecule has 0 atom stereocenters. The Balaban J connectivity index is 2.06. The van der Waals surface area contributed by atoms with Crippen LogP contribution in [0.15, 0.2) is 42.5 Å². The van der Waals surface area contributed by atoms with Crippen molar-refractivity contribution in [2.24, 2.45) is 0 Å². The summed E-state index contributed by atoms with van der Waals surface area (Å²) in [6.45, 7) is 0.885. The Bertz CT molecular complexity index is 644. The van der Waals surface area contributed by atoms with Crippen LogP contribution in [0.4, 0.5) is 21.5 Å². The number of benzene rings is 2. The molecule has 0 spiro atoms. The molecular weight excluding hydrogens is 285 g/mol. The lowest BCUT2D eigenvalue weighted by molar-refractivity contribution is 0.0937. The molecule has 2 rings (SSSR count). The average molecular weight is 303 g/mol. The number of carbonyl (C=O) groups excluding carboxylic acids is 1. The van der Waals surface area contributed by atoms with Crippen LogP contribution in [0.3, 0.4) is 0 Å². The van der Waals surface area contributed by atoms with Crippen LogP contribution >= 0.6 is 0 Å². The molecule has 0 unspecified atom stereocenters. The third-order valence-electron chi connectivity index (χ3n) is 3.03. The second kappa shape index (κ2) is 7.42. The third kappa shape index (κ3) is 4.20. The van der Waals surface area contributed by atoms with E-state index in [1.54, 1.807) is 37.4 Å². The first kappa shape index (κ1) is 15.8. The van der Waals surface area contributed by atoms with Crippen LogP contribution < -0.4 is 16.4 Å². The molecule has 5 nitrogen and oxygen atoms in total. The van der Waals surface area contributed by atoms with Crippen molar-refractivity contribution in [2.75, 3.05) is 31.3 Å². The summed E-state index contributed by atoms with van der Waals surface area (Å²) < 4.78 is 17.7. The lowest BCUT2D eigenvalue weighted by Gasteiger charge is -2.11. The Morgan fingerprint density at radius 2 is 1.95 bits per heavy atom. The number of hydrogen-bond donors (Lipinski definition) is 3. The zero-order valence-electron chi connectivity index (χ0n) is 12.2. The summed E-state index contributed by atoms with van der Waals surface area (Å²) in [6, 6.07) is 10.9. The van der Waals surface area contributed by atoms with Gasteiger partial charge in [0.25, 0.3) is 5.91 Å². The maximum atomic E-state index is 12.9. The first-order chi connectivity index (χ1) is 10.6. The van der Waals surface area contributed by atoms with Crippen LogP contribution in [0.5, 0.6) is 0 Å². The van der Waals surface area contributed by atoms with Crippen LogP contribution in [-0.2, 0) is 4.74 Å². The molecular formula is C16H18FN3O2. The topological polar surface area (TPSA) is 76.4 Å². The van der Waals surface area contributed by atoms with E-state index in [2.05, 4.69) is 10.6 Å². The van der Waals surface area contributed by atoms with Gasteiger partial charge in [0.2, 0.25) is 0 Å². The molecule has 0 bridgehead atoms. The number of carbonyl (C=O) groups is 1. The molecule has 0 saturated carbocycles. The Morgan fingerprint density at radius 3 is 2.59 bits per heavy atom. The average Bonchev–Trinajstić information content (AvgIpc) is 2.51. The van der Waals surface area contributed by atoms with E-state index in [1.165, 1.54) is 12.1 Å². The molecule has 0 heterocycles. The van der Waals surface area contributed by atoms with E-state index in [0.29, 0.717) is 35.8 Å². The minimum atomic E-state index is -0.304. The Kier molecular flexibility index (Phi) is 5.32. The summed E-state index contributed by atoms with van der Waals surface area (Å²) in [5.41, 5.74) is 8.22. The number of nitrogens with one attached hydrogen (secondary N) is 2. The number of nitrogen functional groups attached to an aromatic ring is 1. The van der Waals surface area contributed by atoms with Crippen molar-refractivity contribution < 1.29 is 13.9 Å². The standard InChI is InChI=1S/C16H18FN3O2/c1-22-9-8-19-16(21)11-2-7-15(14(18)10-11)20-13-5-3-12(17)4-6-13/h2-7,10,20H,8-9,18H2,1H3,(H,19,21). The monoisotopic (exact) mass is 303 g/mol. The molecule has 116 valence electrons. The van der Waals surface area contributed by atoms with Gasteiger partial charge in [-0.05, 0) is 42.5 Å². The molecule has 0 fully saturated rings. The van der Waals surface area contributed by atoms with E-state index in [1.807, 2.05) is 0 Å². The molecule has 2 aromatic carbocycles. The molecule has 0 saturated heterocycles. The number of nitrogens with two attached hydrogens (primary N) is 1. The summed E-state index contributed by atoms with van der Waals surface area (Å²) in [7, 11) is 1.57. The minimum Gasteiger partial charge on any atom is -0.397 e. The summed E-state index contributed by atoms with van der Waals surface area (Å²) in [6.07, 6.45) is 0. The molecule has 6 heteroatoms. The number of ether oxygens (including phenoxy) is 1. The van der Waals surface area contributed by atoms with E-state index in [4.69, 9.17) is 10.5 Å². The predicted molar refractivity (Wildman–Crippen MR) is 84.7 cm³/mol. The normalized spacial score (nSPS) is 10.3. The maximum Gasteiger partial charge on any atom is 0.251 e. The lowest BCUT2D eigenvalue weighted by Crippen LogP contribution is -2.27. The predicted octanol–water partition coefficient (Wildman–Crippen LogP) is 2.53. The molecule has 22 heavy (non-hydrogen) atoms. The first-order valence-corrected chi connectivity index (χ1v) is 6.79. The smallest absolute Gasteiger partial charge is 0.251 e. The third-order valence-corrected chi connectivity index (χ3v) is 3.03. The van der Waals surface area contributed by atoms with Crippen molar-refractivity contribution >= 4 is 23.0 Å². The van der Waals surface area contributed by atoms with Crippen LogP contribution in [0.1, 0.15) is 10.4 Å². The number of hydrogen-bond acceptors (Lipinski definition) is 4. The molecule has 0 radical (unpaired) electrons. The number of halogens is 1. The van der Waals surface area contributed by atoms with E-state index in [0.717, 1.165) is 0 Å². The largest absolute Gasteiger partial charge is 0.397 e. The second-order valence-electron chi connectivity index (χ2n) is 4.68. The first-order valence-electron chi connectivity index (χ1n) is 6.79. The van der Waals surface area contributed by atoms with Crippen LogP contribution in [0, 0.1) is 5.82 Å². The number of methoxy groups -OCH3 is 1. The molecule has 0 aliphatic heterocycles. The van der Waals surface area contributed by atoms with Crippen LogP contribution in [-0.4, -0.2) is 26.2 Å². The highest BCUT2D eigenvalue weighted by molar-refractivity contribution is 5.96. The fraction of sp³-hybridized carbons (Fsp3) is 0.188. The van der Waals surface area contributed by atoms with Gasteiger partial charge in [-0.2, -0.15) is 0 Å². The zero-order chi connectivity index (χ0) is 15.9. The fourth-order valence-corrected chi connectivity index (χ4v) is 1.88. The quantitative estimate of drug-likeness (QED) is 0.566. The highest BCUT2D eigenvalue weighted by atomic mass is 19.1. The van der Waals surface area contributed by atoms with Crippen molar-refractivity contribution in [3.05, 3.63) is 53.8 Å². The molecule has 1 amide bonds. The van der Waals surface area contributed by atoms with Crippen molar-refractivity contribution in [3.8, 4) is 0 Å². The number of amides is 1. The van der Waals surface area contributed by atoms with Crippen LogP contribution in [0.2, 0.25) is 0 Å². The summed E-state index contributed by atoms with van der Waals surface area (Å²) in [5.74, 6) is -0.515. The molecule has 0 aromatic heterocycles. The van der Waals surface area contributed by atoms with Crippen molar-refractivity contribution in [3.63, 3.8) is 0 Å². The SMILES string of the molecule is COCCNC(=O)c1ccc(Nc2ccc(F)cc2)c(N)c1. The van der Waals surface area contributed by atoms with Gasteiger partial charge in [-0.1, -0.05) is 0 Å². The van der Waals surface area contributed by atoms with Gasteiger partial charge in [0.15, 0.2) is 0 Å².